The summed E-state index contributed by atoms with van der Waals surface area (Å²) in [6.07, 6.45) is 7.75. The Balaban J connectivity index is 1.41. The van der Waals surface area contributed by atoms with Gasteiger partial charge in [0.1, 0.15) is 28.5 Å². The third-order valence-corrected chi connectivity index (χ3v) is 10.8. The molecule has 1 spiro atoms. The van der Waals surface area contributed by atoms with E-state index in [1.807, 2.05) is 32.1 Å². The molecule has 12 nitrogen and oxygen atoms in total. The van der Waals surface area contributed by atoms with Gasteiger partial charge in [-0.3, -0.25) is 19.2 Å². The number of Topliss-reactive ketones (excluding diaryl/α,β-unsaturated/α-hetero) is 1. The van der Waals surface area contributed by atoms with E-state index < -0.39 is 46.5 Å². The zero-order valence-corrected chi connectivity index (χ0v) is 32.0. The van der Waals surface area contributed by atoms with E-state index >= 15 is 0 Å². The molecule has 286 valence electrons. The van der Waals surface area contributed by atoms with Gasteiger partial charge in [0, 0.05) is 23.6 Å². The molecule has 6 rings (SSSR count). The molecule has 0 unspecified atom stereocenters. The van der Waals surface area contributed by atoms with Crippen LogP contribution in [-0.2, 0) is 28.7 Å². The molecule has 1 N–H and O–H groups in total. The number of methoxy groups -OCH3 is 1. The Labute approximate surface area is 311 Å². The van der Waals surface area contributed by atoms with E-state index in [0.717, 1.165) is 19.3 Å². The molecule has 5 atom stereocenters. The van der Waals surface area contributed by atoms with Crippen molar-refractivity contribution < 1.29 is 42.9 Å². The van der Waals surface area contributed by atoms with Gasteiger partial charge in [-0.2, -0.15) is 0 Å². The number of fused-ring (bicyclic) bond motifs is 5. The number of allylic oxidation sites excluding steroid dienone is 1. The maximum absolute atomic E-state index is 14.8. The molecule has 2 fully saturated rings. The summed E-state index contributed by atoms with van der Waals surface area (Å²) in [5.41, 5.74) is -1.62. The first kappa shape index (κ1) is 38.3. The normalized spacial score (nSPS) is 28.2. The summed E-state index contributed by atoms with van der Waals surface area (Å²) in [5.74, 6) is -2.34. The number of amides is 2. The summed E-state index contributed by atoms with van der Waals surface area (Å²) in [6.45, 7) is 11.1. The fraction of sp³-hybridized carbons (Fsp3) is 0.610. The van der Waals surface area contributed by atoms with Crippen molar-refractivity contribution >= 4 is 40.4 Å². The van der Waals surface area contributed by atoms with E-state index in [1.54, 1.807) is 46.9 Å². The third kappa shape index (κ3) is 7.78. The lowest BCUT2D eigenvalue weighted by Crippen LogP contribution is -2.54. The van der Waals surface area contributed by atoms with Gasteiger partial charge in [-0.1, -0.05) is 38.8 Å². The monoisotopic (exact) mass is 731 g/mol. The van der Waals surface area contributed by atoms with E-state index in [2.05, 4.69) is 5.32 Å². The number of esters is 2. The standard InChI is InChI=1S/C41H53N3O9/c1-8-51-38(49)41-20-26(41)15-13-11-9-10-12-14-25(18-32(46)52-39(4,5)6)37(48)44-23-40(21-30(44)36(47)43-41)22-31(45)33-28-19-27(50-7)16-17-29(28)42-34(24(2)3)35(33)53-40/h13,15-17,19,24-26,30H,8-12,14,18,20-23H2,1-7H3,(H,43,47)/b15-13-/t25-,26-,30+,40+,41-/m1/s1. The van der Waals surface area contributed by atoms with Crippen LogP contribution < -0.4 is 14.8 Å². The average Bonchev–Trinajstić information content (AvgIpc) is 3.66. The van der Waals surface area contributed by atoms with Crippen LogP contribution in [0.5, 0.6) is 11.5 Å². The van der Waals surface area contributed by atoms with Crippen molar-refractivity contribution in [3.63, 3.8) is 0 Å². The second-order valence-electron chi connectivity index (χ2n) is 16.4. The quantitative estimate of drug-likeness (QED) is 0.278. The first-order valence-electron chi connectivity index (χ1n) is 19.0. The number of rotatable bonds is 6. The van der Waals surface area contributed by atoms with Crippen molar-refractivity contribution in [2.75, 3.05) is 20.3 Å². The van der Waals surface area contributed by atoms with E-state index in [4.69, 9.17) is 23.9 Å². The summed E-state index contributed by atoms with van der Waals surface area (Å²) in [7, 11) is 1.56. The molecule has 1 aromatic carbocycles. The molecule has 1 saturated carbocycles. The van der Waals surface area contributed by atoms with Crippen LogP contribution in [0.4, 0.5) is 0 Å². The van der Waals surface area contributed by atoms with E-state index in [1.165, 1.54) is 4.90 Å². The lowest BCUT2D eigenvalue weighted by atomic mass is 9.85. The predicted molar refractivity (Wildman–Crippen MR) is 197 cm³/mol. The number of benzene rings is 1. The van der Waals surface area contributed by atoms with E-state index in [9.17, 15) is 24.0 Å². The zero-order chi connectivity index (χ0) is 38.3. The molecule has 0 radical (unpaired) electrons. The molecule has 53 heavy (non-hydrogen) atoms. The van der Waals surface area contributed by atoms with Crippen molar-refractivity contribution in [3.05, 3.63) is 41.6 Å². The van der Waals surface area contributed by atoms with E-state index in [0.29, 0.717) is 52.9 Å². The Hall–Kier alpha value is -4.48. The van der Waals surface area contributed by atoms with Gasteiger partial charge in [0.25, 0.3) is 0 Å². The minimum absolute atomic E-state index is 0.00199. The highest BCUT2D eigenvalue weighted by Gasteiger charge is 2.63. The van der Waals surface area contributed by atoms with Gasteiger partial charge in [0.15, 0.2) is 11.5 Å². The molecule has 2 amide bonds. The van der Waals surface area contributed by atoms with Gasteiger partial charge in [-0.15, -0.1) is 0 Å². The smallest absolute Gasteiger partial charge is 0.332 e. The molecule has 12 heteroatoms. The highest BCUT2D eigenvalue weighted by Crippen LogP contribution is 2.49. The number of hydrogen-bond acceptors (Lipinski definition) is 10. The summed E-state index contributed by atoms with van der Waals surface area (Å²) in [5, 5.41) is 3.61. The first-order chi connectivity index (χ1) is 25.1. The summed E-state index contributed by atoms with van der Waals surface area (Å²) < 4.78 is 23.5. The molecule has 4 heterocycles. The summed E-state index contributed by atoms with van der Waals surface area (Å²) >= 11 is 0. The van der Waals surface area contributed by atoms with Crippen molar-refractivity contribution in [3.8, 4) is 11.5 Å². The zero-order valence-electron chi connectivity index (χ0n) is 32.0. The number of ketones is 1. The minimum Gasteiger partial charge on any atom is -0.497 e. The highest BCUT2D eigenvalue weighted by molar-refractivity contribution is 6.11. The SMILES string of the molecule is CCOC(=O)[C@@]12C[C@H]1/C=C\CCCCC[C@H](CC(=O)OC(C)(C)C)C(=O)N1C[C@@]3(CC(=O)c4c(c(C(C)C)nc5ccc(OC)cc45)O3)C[C@H]1C(=O)N2. The maximum atomic E-state index is 14.8. The van der Waals surface area contributed by atoms with Crippen LogP contribution in [-0.4, -0.2) is 82.5 Å². The molecule has 2 aromatic rings. The molecular formula is C41H53N3O9. The summed E-state index contributed by atoms with van der Waals surface area (Å²) in [4.78, 5) is 76.6. The Bertz CT molecular complexity index is 1830. The Morgan fingerprint density at radius 2 is 1.89 bits per heavy atom. The summed E-state index contributed by atoms with van der Waals surface area (Å²) in [6, 6.07) is 4.30. The fourth-order valence-electron chi connectivity index (χ4n) is 8.13. The third-order valence-electron chi connectivity index (χ3n) is 10.8. The molecule has 4 aliphatic rings. The molecule has 1 aromatic heterocycles. The number of hydrogen-bond donors (Lipinski definition) is 1. The van der Waals surface area contributed by atoms with Crippen LogP contribution in [0, 0.1) is 11.8 Å². The molecular weight excluding hydrogens is 678 g/mol. The van der Waals surface area contributed by atoms with Crippen molar-refractivity contribution in [1.82, 2.24) is 15.2 Å². The van der Waals surface area contributed by atoms with Crippen LogP contribution in [0.1, 0.15) is 121 Å². The Morgan fingerprint density at radius 3 is 2.58 bits per heavy atom. The number of carbonyl (C=O) groups excluding carboxylic acids is 5. The van der Waals surface area contributed by atoms with Crippen LogP contribution >= 0.6 is 0 Å². The van der Waals surface area contributed by atoms with E-state index in [-0.39, 0.29) is 55.9 Å². The van der Waals surface area contributed by atoms with Crippen molar-refractivity contribution in [2.45, 2.75) is 128 Å². The largest absolute Gasteiger partial charge is 0.497 e. The second kappa shape index (κ2) is 14.7. The number of carbonyl (C=O) groups is 5. The first-order valence-corrected chi connectivity index (χ1v) is 19.0. The van der Waals surface area contributed by atoms with Crippen LogP contribution in [0.25, 0.3) is 10.9 Å². The molecule has 3 aliphatic heterocycles. The highest BCUT2D eigenvalue weighted by atomic mass is 16.6. The van der Waals surface area contributed by atoms with Crippen molar-refractivity contribution in [2.24, 2.45) is 11.8 Å². The van der Waals surface area contributed by atoms with Crippen LogP contribution in [0.3, 0.4) is 0 Å². The van der Waals surface area contributed by atoms with Gasteiger partial charge in [-0.05, 0) is 77.5 Å². The number of pyridine rings is 1. The number of nitrogens with zero attached hydrogens (tertiary/aromatic N) is 2. The molecule has 0 bridgehead atoms. The Kier molecular flexibility index (Phi) is 10.6. The molecule has 1 saturated heterocycles. The second-order valence-corrected chi connectivity index (χ2v) is 16.4. The van der Waals surface area contributed by atoms with Gasteiger partial charge >= 0.3 is 11.9 Å². The van der Waals surface area contributed by atoms with Gasteiger partial charge in [0.2, 0.25) is 11.8 Å². The van der Waals surface area contributed by atoms with Crippen molar-refractivity contribution in [1.29, 1.82) is 0 Å². The topological polar surface area (TPSA) is 150 Å². The Morgan fingerprint density at radius 1 is 1.11 bits per heavy atom. The van der Waals surface area contributed by atoms with Crippen LogP contribution in [0.15, 0.2) is 30.4 Å². The number of ether oxygens (including phenoxy) is 4. The van der Waals surface area contributed by atoms with Gasteiger partial charge < -0.3 is 29.2 Å². The molecule has 1 aliphatic carbocycles. The number of aromatic nitrogens is 1. The minimum atomic E-state index is -1.26. The predicted octanol–water partition coefficient (Wildman–Crippen LogP) is 5.98. The maximum Gasteiger partial charge on any atom is 0.332 e. The van der Waals surface area contributed by atoms with Gasteiger partial charge in [0.05, 0.1) is 49.9 Å². The van der Waals surface area contributed by atoms with Gasteiger partial charge in [-0.25, -0.2) is 9.78 Å². The number of nitrogens with one attached hydrogen (secondary N) is 1. The van der Waals surface area contributed by atoms with Crippen LogP contribution in [0.2, 0.25) is 0 Å². The fourth-order valence-corrected chi connectivity index (χ4v) is 8.13. The lowest BCUT2D eigenvalue weighted by molar-refractivity contribution is -0.159. The lowest BCUT2D eigenvalue weighted by Gasteiger charge is -2.36. The average molecular weight is 732 g/mol.